The normalized spacial score (nSPS) is 13.7. The van der Waals surface area contributed by atoms with Crippen LogP contribution in [0.3, 0.4) is 0 Å². The minimum atomic E-state index is -0.645. The van der Waals surface area contributed by atoms with Gasteiger partial charge in [-0.25, -0.2) is 5.10 Å². The highest BCUT2D eigenvalue weighted by Gasteiger charge is 2.27. The van der Waals surface area contributed by atoms with Crippen LogP contribution in [0, 0.1) is 25.2 Å². The molecule has 2 N–H and O–H groups in total. The monoisotopic (exact) mass is 447 g/mol. The third kappa shape index (κ3) is 4.37. The first-order valence-corrected chi connectivity index (χ1v) is 10.9. The Bertz CT molecular complexity index is 1330. The average molecular weight is 447 g/mol. The van der Waals surface area contributed by atoms with E-state index in [1.807, 2.05) is 18.4 Å². The molecule has 1 amide bonds. The minimum absolute atomic E-state index is 0.190. The molecule has 2 heterocycles. The van der Waals surface area contributed by atoms with Crippen molar-refractivity contribution in [2.24, 2.45) is 0 Å². The number of esters is 1. The summed E-state index contributed by atoms with van der Waals surface area (Å²) in [4.78, 5) is 36.9. The molecule has 4 rings (SSSR count). The van der Waals surface area contributed by atoms with Crippen molar-refractivity contribution >= 4 is 28.5 Å². The molecule has 0 radical (unpaired) electrons. The first-order chi connectivity index (χ1) is 15.9. The van der Waals surface area contributed by atoms with Crippen LogP contribution in [0.5, 0.6) is 0 Å². The van der Waals surface area contributed by atoms with Crippen molar-refractivity contribution in [3.8, 4) is 6.07 Å². The van der Waals surface area contributed by atoms with Gasteiger partial charge in [0.15, 0.2) is 6.61 Å². The zero-order valence-corrected chi connectivity index (χ0v) is 18.6. The van der Waals surface area contributed by atoms with E-state index in [1.165, 1.54) is 0 Å². The Morgan fingerprint density at radius 1 is 1.24 bits per heavy atom. The molecular formula is C24H25N5O4. The summed E-state index contributed by atoms with van der Waals surface area (Å²) in [6.45, 7) is 3.33. The highest BCUT2D eigenvalue weighted by atomic mass is 16.5. The number of carbonyl (C=O) groups is 2. The lowest BCUT2D eigenvalue weighted by Gasteiger charge is -2.19. The fourth-order valence-corrected chi connectivity index (χ4v) is 4.51. The predicted octanol–water partition coefficient (Wildman–Crippen LogP) is 3.05. The summed E-state index contributed by atoms with van der Waals surface area (Å²) in [5.41, 5.74) is 2.26. The number of hydrogen-bond donors (Lipinski definition) is 2. The van der Waals surface area contributed by atoms with Crippen LogP contribution in [0.1, 0.15) is 54.2 Å². The quantitative estimate of drug-likeness (QED) is 0.559. The van der Waals surface area contributed by atoms with E-state index in [0.29, 0.717) is 27.8 Å². The molecule has 0 spiro atoms. The molecule has 9 heteroatoms. The summed E-state index contributed by atoms with van der Waals surface area (Å²) in [6.07, 6.45) is 4.03. The van der Waals surface area contributed by atoms with Crippen LogP contribution < -0.4 is 10.9 Å². The highest BCUT2D eigenvalue weighted by Crippen LogP contribution is 2.37. The molecule has 3 aromatic rings. The lowest BCUT2D eigenvalue weighted by molar-refractivity contribution is -0.146. The van der Waals surface area contributed by atoms with Crippen LogP contribution in [-0.2, 0) is 20.7 Å². The van der Waals surface area contributed by atoms with E-state index in [0.717, 1.165) is 36.9 Å². The maximum Gasteiger partial charge on any atom is 0.312 e. The first-order valence-electron chi connectivity index (χ1n) is 10.9. The largest absolute Gasteiger partial charge is 0.455 e. The molecule has 0 saturated heterocycles. The molecule has 0 atom stereocenters. The summed E-state index contributed by atoms with van der Waals surface area (Å²) < 4.78 is 7.20. The number of amides is 1. The summed E-state index contributed by atoms with van der Waals surface area (Å²) in [5.74, 6) is -0.696. The number of nitrogens with zero attached hydrogens (tertiary/aromatic N) is 3. The Balaban J connectivity index is 1.45. The lowest BCUT2D eigenvalue weighted by atomic mass is 10.1. The van der Waals surface area contributed by atoms with Gasteiger partial charge in [-0.05, 0) is 38.3 Å². The van der Waals surface area contributed by atoms with E-state index in [4.69, 9.17) is 4.74 Å². The number of anilines is 1. The van der Waals surface area contributed by atoms with E-state index in [1.54, 1.807) is 24.3 Å². The van der Waals surface area contributed by atoms with Crippen molar-refractivity contribution < 1.29 is 14.3 Å². The van der Waals surface area contributed by atoms with Crippen molar-refractivity contribution in [3.05, 3.63) is 57.1 Å². The van der Waals surface area contributed by atoms with Crippen LogP contribution in [0.4, 0.5) is 5.82 Å². The number of rotatable bonds is 6. The predicted molar refractivity (Wildman–Crippen MR) is 122 cm³/mol. The van der Waals surface area contributed by atoms with Crippen molar-refractivity contribution in [3.63, 3.8) is 0 Å². The number of nitrogens with one attached hydrogen (secondary N) is 2. The van der Waals surface area contributed by atoms with Crippen LogP contribution in [0.15, 0.2) is 29.1 Å². The van der Waals surface area contributed by atoms with E-state index in [-0.39, 0.29) is 18.0 Å². The molecule has 0 unspecified atom stereocenters. The first kappa shape index (κ1) is 22.3. The summed E-state index contributed by atoms with van der Waals surface area (Å²) in [6, 6.07) is 9.26. The molecule has 2 aromatic heterocycles. The van der Waals surface area contributed by atoms with Crippen molar-refractivity contribution in [1.29, 1.82) is 5.26 Å². The Kier molecular flexibility index (Phi) is 6.27. The van der Waals surface area contributed by atoms with Gasteiger partial charge in [-0.1, -0.05) is 31.0 Å². The van der Waals surface area contributed by atoms with E-state index in [9.17, 15) is 19.6 Å². The van der Waals surface area contributed by atoms with Gasteiger partial charge >= 0.3 is 5.97 Å². The highest BCUT2D eigenvalue weighted by molar-refractivity contribution is 5.94. The Morgan fingerprint density at radius 2 is 1.94 bits per heavy atom. The summed E-state index contributed by atoms with van der Waals surface area (Å²) in [7, 11) is 0. The fourth-order valence-electron chi connectivity index (χ4n) is 4.51. The summed E-state index contributed by atoms with van der Waals surface area (Å²) in [5, 5.41) is 19.7. The van der Waals surface area contributed by atoms with Crippen LogP contribution in [0.2, 0.25) is 0 Å². The van der Waals surface area contributed by atoms with E-state index >= 15 is 0 Å². The molecule has 1 saturated carbocycles. The van der Waals surface area contributed by atoms with Gasteiger partial charge in [0.05, 0.1) is 23.1 Å². The van der Waals surface area contributed by atoms with Gasteiger partial charge in [0.2, 0.25) is 0 Å². The van der Waals surface area contributed by atoms with Crippen LogP contribution in [-0.4, -0.2) is 33.2 Å². The second kappa shape index (κ2) is 9.28. The van der Waals surface area contributed by atoms with Gasteiger partial charge in [0.25, 0.3) is 11.5 Å². The number of nitriles is 1. The maximum absolute atomic E-state index is 12.6. The van der Waals surface area contributed by atoms with Gasteiger partial charge in [-0.15, -0.1) is 0 Å². The smallest absolute Gasteiger partial charge is 0.312 e. The van der Waals surface area contributed by atoms with Gasteiger partial charge in [-0.2, -0.15) is 10.4 Å². The second-order valence-corrected chi connectivity index (χ2v) is 8.28. The van der Waals surface area contributed by atoms with Gasteiger partial charge in [0.1, 0.15) is 11.9 Å². The Hall–Kier alpha value is -3.93. The molecule has 0 aliphatic heterocycles. The number of H-pyrrole nitrogens is 1. The Labute approximate surface area is 190 Å². The van der Waals surface area contributed by atoms with Crippen molar-refractivity contribution in [1.82, 2.24) is 14.8 Å². The van der Waals surface area contributed by atoms with Crippen molar-refractivity contribution in [2.45, 2.75) is 52.0 Å². The molecule has 170 valence electrons. The lowest BCUT2D eigenvalue weighted by Crippen LogP contribution is -2.24. The molecule has 33 heavy (non-hydrogen) atoms. The van der Waals surface area contributed by atoms with Crippen LogP contribution >= 0.6 is 0 Å². The zero-order chi connectivity index (χ0) is 23.5. The van der Waals surface area contributed by atoms with Gasteiger partial charge < -0.3 is 14.6 Å². The number of aromatic nitrogens is 3. The number of benzene rings is 1. The van der Waals surface area contributed by atoms with E-state index in [2.05, 4.69) is 21.6 Å². The number of ether oxygens (including phenoxy) is 1. The van der Waals surface area contributed by atoms with Crippen molar-refractivity contribution in [2.75, 3.05) is 11.9 Å². The molecule has 1 aromatic carbocycles. The second-order valence-electron chi connectivity index (χ2n) is 8.28. The minimum Gasteiger partial charge on any atom is -0.455 e. The van der Waals surface area contributed by atoms with E-state index < -0.39 is 18.5 Å². The third-order valence-corrected chi connectivity index (χ3v) is 6.27. The summed E-state index contributed by atoms with van der Waals surface area (Å²) >= 11 is 0. The number of hydrogen-bond acceptors (Lipinski definition) is 6. The zero-order valence-electron chi connectivity index (χ0n) is 18.6. The SMILES string of the molecule is Cc1c(C#N)c(NC(=O)COC(=O)Cc2n[nH]c(=O)c3ccccc23)n(C2CCCC2)c1C. The molecule has 0 bridgehead atoms. The topological polar surface area (TPSA) is 130 Å². The molecule has 1 aliphatic rings. The number of aromatic amines is 1. The molecule has 1 aliphatic carbocycles. The van der Waals surface area contributed by atoms with Crippen LogP contribution in [0.25, 0.3) is 10.8 Å². The standard InChI is InChI=1S/C24H25N5O4/c1-14-15(2)29(16-7-3-4-8-16)23(19(14)12-25)26-21(30)13-33-22(31)11-20-17-9-5-6-10-18(17)24(32)28-27-20/h5-6,9-10,16H,3-4,7-8,11,13H2,1-2H3,(H,26,30)(H,28,32). The molecule has 9 nitrogen and oxygen atoms in total. The maximum atomic E-state index is 12.6. The molecule has 1 fully saturated rings. The number of fused-ring (bicyclic) bond motifs is 1. The average Bonchev–Trinajstić information content (AvgIpc) is 3.41. The molecular weight excluding hydrogens is 422 g/mol. The Morgan fingerprint density at radius 3 is 2.64 bits per heavy atom. The van der Waals surface area contributed by atoms with Gasteiger partial charge in [0, 0.05) is 17.1 Å². The third-order valence-electron chi connectivity index (χ3n) is 6.27. The fraction of sp³-hybridized carbons (Fsp3) is 0.375. The number of carbonyl (C=O) groups excluding carboxylic acids is 2. The van der Waals surface area contributed by atoms with Gasteiger partial charge in [-0.3, -0.25) is 14.4 Å².